The van der Waals surface area contributed by atoms with E-state index in [2.05, 4.69) is 5.32 Å². The molecule has 2 aromatic carbocycles. The van der Waals surface area contributed by atoms with Gasteiger partial charge in [0.1, 0.15) is 0 Å². The van der Waals surface area contributed by atoms with Crippen LogP contribution in [0.3, 0.4) is 0 Å². The number of halogens is 1. The third-order valence-electron chi connectivity index (χ3n) is 3.82. The second-order valence-electron chi connectivity index (χ2n) is 5.45. The lowest BCUT2D eigenvalue weighted by Gasteiger charge is -2.21. The standard InChI is InChI=1S/C17H17ClN2O/c18-14-2-1-3-16(10-14)20-17(21)13-5-4-12-9-15(19)7-6-11(12)8-13/h1-5,8,10,15H,6-7,9,19H2,(H,20,21)/t15-/m1/s1. The highest BCUT2D eigenvalue weighted by Gasteiger charge is 2.17. The molecule has 0 aliphatic heterocycles. The summed E-state index contributed by atoms with van der Waals surface area (Å²) in [5.41, 5.74) is 9.83. The van der Waals surface area contributed by atoms with E-state index in [1.165, 1.54) is 11.1 Å². The Hall–Kier alpha value is -1.84. The second kappa shape index (κ2) is 5.88. The molecule has 0 radical (unpaired) electrons. The van der Waals surface area contributed by atoms with Gasteiger partial charge in [0, 0.05) is 22.3 Å². The molecule has 0 saturated heterocycles. The molecule has 21 heavy (non-hydrogen) atoms. The molecule has 3 N–H and O–H groups in total. The zero-order valence-corrected chi connectivity index (χ0v) is 12.4. The molecule has 1 amide bonds. The molecule has 1 aliphatic rings. The zero-order chi connectivity index (χ0) is 14.8. The fourth-order valence-electron chi connectivity index (χ4n) is 2.69. The topological polar surface area (TPSA) is 55.1 Å². The Morgan fingerprint density at radius 3 is 2.86 bits per heavy atom. The number of nitrogens with one attached hydrogen (secondary N) is 1. The number of aryl methyl sites for hydroxylation is 1. The number of hydrogen-bond donors (Lipinski definition) is 2. The summed E-state index contributed by atoms with van der Waals surface area (Å²) in [5.74, 6) is -0.116. The van der Waals surface area contributed by atoms with E-state index in [1.807, 2.05) is 30.3 Å². The molecular weight excluding hydrogens is 284 g/mol. The summed E-state index contributed by atoms with van der Waals surface area (Å²) >= 11 is 5.92. The van der Waals surface area contributed by atoms with Crippen molar-refractivity contribution in [3.8, 4) is 0 Å². The minimum absolute atomic E-state index is 0.116. The first-order chi connectivity index (χ1) is 10.1. The molecule has 0 aromatic heterocycles. The highest BCUT2D eigenvalue weighted by molar-refractivity contribution is 6.30. The lowest BCUT2D eigenvalue weighted by Crippen LogP contribution is -2.28. The molecule has 2 aromatic rings. The Balaban J connectivity index is 1.79. The van der Waals surface area contributed by atoms with E-state index in [0.29, 0.717) is 16.3 Å². The average molecular weight is 301 g/mol. The van der Waals surface area contributed by atoms with Gasteiger partial charge >= 0.3 is 0 Å². The number of carbonyl (C=O) groups is 1. The predicted octanol–water partition coefficient (Wildman–Crippen LogP) is 3.41. The average Bonchev–Trinajstić information content (AvgIpc) is 2.46. The molecule has 0 unspecified atom stereocenters. The summed E-state index contributed by atoms with van der Waals surface area (Å²) in [7, 11) is 0. The quantitative estimate of drug-likeness (QED) is 0.893. The molecule has 1 aliphatic carbocycles. The van der Waals surface area contributed by atoms with Gasteiger partial charge in [-0.1, -0.05) is 23.7 Å². The molecule has 1 atom stereocenters. The maximum Gasteiger partial charge on any atom is 0.255 e. The monoisotopic (exact) mass is 300 g/mol. The van der Waals surface area contributed by atoms with Crippen molar-refractivity contribution in [1.82, 2.24) is 0 Å². The third-order valence-corrected chi connectivity index (χ3v) is 4.05. The molecule has 4 heteroatoms. The van der Waals surface area contributed by atoms with E-state index >= 15 is 0 Å². The van der Waals surface area contributed by atoms with Crippen LogP contribution in [0.5, 0.6) is 0 Å². The van der Waals surface area contributed by atoms with Crippen molar-refractivity contribution < 1.29 is 4.79 Å². The number of amides is 1. The largest absolute Gasteiger partial charge is 0.327 e. The molecular formula is C17H17ClN2O. The van der Waals surface area contributed by atoms with Crippen molar-refractivity contribution in [2.45, 2.75) is 25.3 Å². The summed E-state index contributed by atoms with van der Waals surface area (Å²) in [6.45, 7) is 0. The van der Waals surface area contributed by atoms with Crippen LogP contribution in [0.2, 0.25) is 5.02 Å². The lowest BCUT2D eigenvalue weighted by molar-refractivity contribution is 0.102. The molecule has 0 bridgehead atoms. The van der Waals surface area contributed by atoms with Gasteiger partial charge in [-0.3, -0.25) is 4.79 Å². The van der Waals surface area contributed by atoms with Gasteiger partial charge in [0.2, 0.25) is 0 Å². The summed E-state index contributed by atoms with van der Waals surface area (Å²) in [5, 5.41) is 3.47. The van der Waals surface area contributed by atoms with E-state index in [9.17, 15) is 4.79 Å². The van der Waals surface area contributed by atoms with Gasteiger partial charge in [0.25, 0.3) is 5.91 Å². The third kappa shape index (κ3) is 3.26. The first-order valence-corrected chi connectivity index (χ1v) is 7.44. The predicted molar refractivity (Wildman–Crippen MR) is 85.8 cm³/mol. The Kier molecular flexibility index (Phi) is 3.95. The molecule has 3 rings (SSSR count). The van der Waals surface area contributed by atoms with E-state index in [4.69, 9.17) is 17.3 Å². The van der Waals surface area contributed by atoms with Crippen LogP contribution < -0.4 is 11.1 Å². The van der Waals surface area contributed by atoms with Crippen LogP contribution >= 0.6 is 11.6 Å². The highest BCUT2D eigenvalue weighted by Crippen LogP contribution is 2.23. The van der Waals surface area contributed by atoms with Crippen molar-refractivity contribution in [3.63, 3.8) is 0 Å². The van der Waals surface area contributed by atoms with Crippen molar-refractivity contribution >= 4 is 23.2 Å². The van der Waals surface area contributed by atoms with Crippen molar-refractivity contribution in [2.75, 3.05) is 5.32 Å². The molecule has 0 fully saturated rings. The van der Waals surface area contributed by atoms with Crippen LogP contribution in [0.1, 0.15) is 27.9 Å². The van der Waals surface area contributed by atoms with Crippen LogP contribution in [-0.2, 0) is 12.8 Å². The van der Waals surface area contributed by atoms with Gasteiger partial charge in [0.05, 0.1) is 0 Å². The summed E-state index contributed by atoms with van der Waals surface area (Å²) in [6, 6.07) is 13.2. The van der Waals surface area contributed by atoms with Crippen LogP contribution in [0.25, 0.3) is 0 Å². The molecule has 0 saturated carbocycles. The number of carbonyl (C=O) groups excluding carboxylic acids is 1. The summed E-state index contributed by atoms with van der Waals surface area (Å²) < 4.78 is 0. The van der Waals surface area contributed by atoms with Crippen molar-refractivity contribution in [2.24, 2.45) is 5.73 Å². The van der Waals surface area contributed by atoms with Crippen LogP contribution in [-0.4, -0.2) is 11.9 Å². The maximum atomic E-state index is 12.3. The van der Waals surface area contributed by atoms with Gasteiger partial charge in [0.15, 0.2) is 0 Å². The van der Waals surface area contributed by atoms with Gasteiger partial charge in [-0.2, -0.15) is 0 Å². The van der Waals surface area contributed by atoms with Crippen molar-refractivity contribution in [3.05, 3.63) is 64.2 Å². The fraction of sp³-hybridized carbons (Fsp3) is 0.235. The van der Waals surface area contributed by atoms with Gasteiger partial charge in [-0.05, 0) is 60.7 Å². The number of rotatable bonds is 2. The number of fused-ring (bicyclic) bond motifs is 1. The van der Waals surface area contributed by atoms with E-state index in [1.54, 1.807) is 12.1 Å². The Morgan fingerprint density at radius 1 is 1.19 bits per heavy atom. The van der Waals surface area contributed by atoms with Crippen molar-refractivity contribution in [1.29, 1.82) is 0 Å². The summed E-state index contributed by atoms with van der Waals surface area (Å²) in [6.07, 6.45) is 2.81. The molecule has 0 spiro atoms. The van der Waals surface area contributed by atoms with Gasteiger partial charge in [-0.25, -0.2) is 0 Å². The van der Waals surface area contributed by atoms with E-state index in [-0.39, 0.29) is 11.9 Å². The maximum absolute atomic E-state index is 12.3. The zero-order valence-electron chi connectivity index (χ0n) is 11.6. The number of hydrogen-bond acceptors (Lipinski definition) is 2. The minimum atomic E-state index is -0.116. The Labute approximate surface area is 129 Å². The Morgan fingerprint density at radius 2 is 2.05 bits per heavy atom. The first kappa shape index (κ1) is 14.1. The minimum Gasteiger partial charge on any atom is -0.327 e. The van der Waals surface area contributed by atoms with Gasteiger partial charge < -0.3 is 11.1 Å². The SMILES string of the molecule is N[C@@H]1CCc2cc(C(=O)Nc3cccc(Cl)c3)ccc2C1. The lowest BCUT2D eigenvalue weighted by atomic mass is 9.87. The smallest absolute Gasteiger partial charge is 0.255 e. The molecule has 0 heterocycles. The Bertz CT molecular complexity index is 684. The highest BCUT2D eigenvalue weighted by atomic mass is 35.5. The van der Waals surface area contributed by atoms with Crippen LogP contribution in [0.15, 0.2) is 42.5 Å². The molecule has 3 nitrogen and oxygen atoms in total. The molecule has 108 valence electrons. The fourth-order valence-corrected chi connectivity index (χ4v) is 2.88. The van der Waals surface area contributed by atoms with Crippen LogP contribution in [0, 0.1) is 0 Å². The number of benzene rings is 2. The summed E-state index contributed by atoms with van der Waals surface area (Å²) in [4.78, 5) is 12.3. The normalized spacial score (nSPS) is 17.1. The van der Waals surface area contributed by atoms with E-state index in [0.717, 1.165) is 19.3 Å². The van der Waals surface area contributed by atoms with Crippen LogP contribution in [0.4, 0.5) is 5.69 Å². The van der Waals surface area contributed by atoms with Gasteiger partial charge in [-0.15, -0.1) is 0 Å². The van der Waals surface area contributed by atoms with E-state index < -0.39 is 0 Å². The second-order valence-corrected chi connectivity index (χ2v) is 5.89. The number of anilines is 1. The number of nitrogens with two attached hydrogens (primary N) is 1. The first-order valence-electron chi connectivity index (χ1n) is 7.06.